The molecule has 1 fully saturated rings. The fourth-order valence-corrected chi connectivity index (χ4v) is 1.80. The molecule has 0 radical (unpaired) electrons. The predicted molar refractivity (Wildman–Crippen MR) is 62.4 cm³/mol. The number of hydrogen-bond acceptors (Lipinski definition) is 3. The molecule has 1 saturated heterocycles. The van der Waals surface area contributed by atoms with Gasteiger partial charge in [0.25, 0.3) is 6.43 Å². The minimum atomic E-state index is -2.45. The fraction of sp³-hybridized carbons (Fsp3) is 0.636. The molecule has 18 heavy (non-hydrogen) atoms. The van der Waals surface area contributed by atoms with Crippen LogP contribution in [0.5, 0.6) is 0 Å². The van der Waals surface area contributed by atoms with E-state index in [0.29, 0.717) is 11.6 Å². The van der Waals surface area contributed by atoms with Gasteiger partial charge in [0.1, 0.15) is 6.54 Å². The summed E-state index contributed by atoms with van der Waals surface area (Å²) < 4.78 is 25.4. The van der Waals surface area contributed by atoms with Crippen LogP contribution in [0.3, 0.4) is 0 Å². The highest BCUT2D eigenvalue weighted by molar-refractivity contribution is 5.92. The molecular weight excluding hydrogens is 242 g/mol. The highest BCUT2D eigenvalue weighted by Crippen LogP contribution is 2.18. The number of amides is 1. The van der Waals surface area contributed by atoms with Crippen molar-refractivity contribution in [2.45, 2.75) is 19.9 Å². The Morgan fingerprint density at radius 1 is 1.67 bits per heavy atom. The molecule has 0 bridgehead atoms. The van der Waals surface area contributed by atoms with Crippen LogP contribution in [0, 0.1) is 11.8 Å². The summed E-state index contributed by atoms with van der Waals surface area (Å²) in [5.74, 6) is 0.156. The van der Waals surface area contributed by atoms with Crippen LogP contribution in [0.4, 0.5) is 14.5 Å². The van der Waals surface area contributed by atoms with E-state index >= 15 is 0 Å². The number of carbonyl (C=O) groups is 1. The lowest BCUT2D eigenvalue weighted by molar-refractivity contribution is -0.121. The van der Waals surface area contributed by atoms with Crippen molar-refractivity contribution in [1.82, 2.24) is 15.1 Å². The van der Waals surface area contributed by atoms with Crippen molar-refractivity contribution in [2.24, 2.45) is 11.8 Å². The summed E-state index contributed by atoms with van der Waals surface area (Å²) in [6.07, 6.45) is 0.343. The molecule has 0 aliphatic carbocycles. The summed E-state index contributed by atoms with van der Waals surface area (Å²) in [7, 11) is 0. The molecule has 0 spiro atoms. The van der Waals surface area contributed by atoms with Gasteiger partial charge in [-0.2, -0.15) is 5.10 Å². The molecule has 7 heteroatoms. The first-order valence-electron chi connectivity index (χ1n) is 5.88. The number of rotatable bonds is 5. The maximum atomic E-state index is 12.1. The maximum absolute atomic E-state index is 12.1. The van der Waals surface area contributed by atoms with Crippen LogP contribution in [0.2, 0.25) is 0 Å². The fourth-order valence-electron chi connectivity index (χ4n) is 1.80. The highest BCUT2D eigenvalue weighted by Gasteiger charge is 2.28. The summed E-state index contributed by atoms with van der Waals surface area (Å²) in [6.45, 7) is 3.10. The molecule has 1 aliphatic heterocycles. The Morgan fingerprint density at radius 2 is 2.39 bits per heavy atom. The normalized spacial score (nSPS) is 17.6. The topological polar surface area (TPSA) is 59.0 Å². The number of carbonyl (C=O) groups excluding carboxylic acids is 1. The molecule has 100 valence electrons. The summed E-state index contributed by atoms with van der Waals surface area (Å²) in [5.41, 5.74) is 0.458. The van der Waals surface area contributed by atoms with E-state index < -0.39 is 13.0 Å². The van der Waals surface area contributed by atoms with Crippen LogP contribution < -0.4 is 10.6 Å². The number of nitrogens with one attached hydrogen (secondary N) is 2. The lowest BCUT2D eigenvalue weighted by atomic mass is 9.88. The standard InChI is InChI=1S/C11H16F2N4O/c1-7(8-2-14-3-8)11(18)16-9-4-15-17(5-9)6-10(12)13/h4-5,7-8,10,14H,2-3,6H2,1H3,(H,16,18). The zero-order valence-corrected chi connectivity index (χ0v) is 10.1. The van der Waals surface area contributed by atoms with E-state index in [1.807, 2.05) is 6.92 Å². The Kier molecular flexibility index (Phi) is 3.90. The van der Waals surface area contributed by atoms with Crippen molar-refractivity contribution >= 4 is 11.6 Å². The van der Waals surface area contributed by atoms with Crippen LogP contribution in [-0.2, 0) is 11.3 Å². The number of halogens is 2. The van der Waals surface area contributed by atoms with Gasteiger partial charge in [0.15, 0.2) is 0 Å². The van der Waals surface area contributed by atoms with Gasteiger partial charge in [0.2, 0.25) is 5.91 Å². The molecule has 2 heterocycles. The van der Waals surface area contributed by atoms with Gasteiger partial charge in [-0.1, -0.05) is 6.92 Å². The Balaban J connectivity index is 1.88. The van der Waals surface area contributed by atoms with E-state index in [-0.39, 0.29) is 11.8 Å². The van der Waals surface area contributed by atoms with Crippen LogP contribution in [0.1, 0.15) is 6.92 Å². The Hall–Kier alpha value is -1.50. The third-order valence-corrected chi connectivity index (χ3v) is 3.16. The van der Waals surface area contributed by atoms with Gasteiger partial charge >= 0.3 is 0 Å². The van der Waals surface area contributed by atoms with Gasteiger partial charge in [-0.25, -0.2) is 8.78 Å². The second-order valence-electron chi connectivity index (χ2n) is 4.54. The van der Waals surface area contributed by atoms with Crippen molar-refractivity contribution in [3.63, 3.8) is 0 Å². The molecule has 1 unspecified atom stereocenters. The summed E-state index contributed by atoms with van der Waals surface area (Å²) in [6, 6.07) is 0. The lowest BCUT2D eigenvalue weighted by Crippen LogP contribution is -2.48. The Bertz CT molecular complexity index is 417. The van der Waals surface area contributed by atoms with E-state index in [9.17, 15) is 13.6 Å². The highest BCUT2D eigenvalue weighted by atomic mass is 19.3. The second kappa shape index (κ2) is 5.43. The smallest absolute Gasteiger partial charge is 0.257 e. The first kappa shape index (κ1) is 12.9. The van der Waals surface area contributed by atoms with Gasteiger partial charge in [-0.15, -0.1) is 0 Å². The van der Waals surface area contributed by atoms with Crippen LogP contribution >= 0.6 is 0 Å². The van der Waals surface area contributed by atoms with Crippen molar-refractivity contribution in [3.8, 4) is 0 Å². The summed E-state index contributed by atoms with van der Waals surface area (Å²) >= 11 is 0. The molecule has 1 atom stereocenters. The summed E-state index contributed by atoms with van der Waals surface area (Å²) in [4.78, 5) is 11.9. The molecule has 1 aromatic rings. The molecule has 0 aromatic carbocycles. The predicted octanol–water partition coefficient (Wildman–Crippen LogP) is 0.942. The van der Waals surface area contributed by atoms with Gasteiger partial charge in [0, 0.05) is 12.1 Å². The van der Waals surface area contributed by atoms with Crippen molar-refractivity contribution in [2.75, 3.05) is 18.4 Å². The van der Waals surface area contributed by atoms with E-state index in [2.05, 4.69) is 15.7 Å². The van der Waals surface area contributed by atoms with Gasteiger partial charge in [-0.05, 0) is 19.0 Å². The molecule has 1 aromatic heterocycles. The van der Waals surface area contributed by atoms with E-state index in [0.717, 1.165) is 17.8 Å². The first-order chi connectivity index (χ1) is 8.56. The zero-order valence-electron chi connectivity index (χ0n) is 10.1. The van der Waals surface area contributed by atoms with Crippen LogP contribution in [-0.4, -0.2) is 35.2 Å². The molecule has 2 N–H and O–H groups in total. The third kappa shape index (κ3) is 3.04. The van der Waals surface area contributed by atoms with Crippen molar-refractivity contribution in [3.05, 3.63) is 12.4 Å². The van der Waals surface area contributed by atoms with Gasteiger partial charge in [-0.3, -0.25) is 9.48 Å². The average molecular weight is 258 g/mol. The molecule has 0 saturated carbocycles. The average Bonchev–Trinajstić information content (AvgIpc) is 2.61. The van der Waals surface area contributed by atoms with Crippen LogP contribution in [0.15, 0.2) is 12.4 Å². The molecule has 5 nitrogen and oxygen atoms in total. The minimum Gasteiger partial charge on any atom is -0.323 e. The minimum absolute atomic E-state index is 0.0929. The zero-order chi connectivity index (χ0) is 13.1. The second-order valence-corrected chi connectivity index (χ2v) is 4.54. The van der Waals surface area contributed by atoms with E-state index in [1.165, 1.54) is 12.4 Å². The van der Waals surface area contributed by atoms with Gasteiger partial charge in [0.05, 0.1) is 11.9 Å². The monoisotopic (exact) mass is 258 g/mol. The number of alkyl halides is 2. The van der Waals surface area contributed by atoms with Crippen LogP contribution in [0.25, 0.3) is 0 Å². The maximum Gasteiger partial charge on any atom is 0.257 e. The first-order valence-corrected chi connectivity index (χ1v) is 5.88. The van der Waals surface area contributed by atoms with Gasteiger partial charge < -0.3 is 10.6 Å². The van der Waals surface area contributed by atoms with E-state index in [4.69, 9.17) is 0 Å². The van der Waals surface area contributed by atoms with Crippen molar-refractivity contribution < 1.29 is 13.6 Å². The number of anilines is 1. The molecule has 1 aliphatic rings. The largest absolute Gasteiger partial charge is 0.323 e. The quantitative estimate of drug-likeness (QED) is 0.826. The molecule has 1 amide bonds. The van der Waals surface area contributed by atoms with E-state index in [1.54, 1.807) is 0 Å². The summed E-state index contributed by atoms with van der Waals surface area (Å²) in [5, 5.41) is 9.55. The Labute approximate surface area is 104 Å². The number of nitrogens with zero attached hydrogens (tertiary/aromatic N) is 2. The molecule has 2 rings (SSSR count). The third-order valence-electron chi connectivity index (χ3n) is 3.16. The lowest BCUT2D eigenvalue weighted by Gasteiger charge is -2.31. The number of aromatic nitrogens is 2. The SMILES string of the molecule is CC(C(=O)Nc1cnn(CC(F)F)c1)C1CNC1. The number of hydrogen-bond donors (Lipinski definition) is 2. The van der Waals surface area contributed by atoms with Crippen molar-refractivity contribution in [1.29, 1.82) is 0 Å². The Morgan fingerprint density at radius 3 is 2.94 bits per heavy atom. The molecular formula is C11H16F2N4O.